The molecule has 60 valence electrons. The van der Waals surface area contributed by atoms with E-state index in [0.29, 0.717) is 0 Å². The van der Waals surface area contributed by atoms with E-state index in [0.717, 1.165) is 5.56 Å². The standard InChI is InChI=1S/C7H7.3ClH.Li/c1-7-5-3-2-4-6-7;;;;/h2-6H,1H2;3*1H;/q-1;;;;+1. The Labute approximate surface area is 98.6 Å². The minimum Gasteiger partial charge on any atom is -0.199 e. The Hall–Kier alpha value is 0.557. The largest absolute Gasteiger partial charge is 1.00 e. The second-order valence-corrected chi connectivity index (χ2v) is 1.49. The average Bonchev–Trinajstić information content (AvgIpc) is 1.69. The fraction of sp³-hybridized carbons (Fsp3) is 0. The Morgan fingerprint density at radius 3 is 1.36 bits per heavy atom. The molecule has 0 N–H and O–H groups in total. The molecule has 1 aromatic rings. The molecule has 1 aromatic carbocycles. The van der Waals surface area contributed by atoms with Gasteiger partial charge in [0.25, 0.3) is 0 Å². The van der Waals surface area contributed by atoms with Crippen molar-refractivity contribution in [2.75, 3.05) is 0 Å². The monoisotopic (exact) mass is 206 g/mol. The van der Waals surface area contributed by atoms with Crippen LogP contribution in [0.15, 0.2) is 30.3 Å². The Bertz CT molecular complexity index is 144. The molecule has 0 radical (unpaired) electrons. The molecular formula is C7H10Cl3Li. The van der Waals surface area contributed by atoms with Crippen LogP contribution in [0, 0.1) is 6.92 Å². The van der Waals surface area contributed by atoms with Gasteiger partial charge in [-0.1, -0.05) is 6.07 Å². The summed E-state index contributed by atoms with van der Waals surface area (Å²) in [6.45, 7) is 3.72. The van der Waals surface area contributed by atoms with Crippen LogP contribution in [0.3, 0.4) is 0 Å². The van der Waals surface area contributed by atoms with Crippen molar-refractivity contribution in [3.05, 3.63) is 42.8 Å². The topological polar surface area (TPSA) is 0 Å². The molecule has 0 atom stereocenters. The van der Waals surface area contributed by atoms with Gasteiger partial charge in [0, 0.05) is 0 Å². The third-order valence-corrected chi connectivity index (χ3v) is 0.843. The van der Waals surface area contributed by atoms with Gasteiger partial charge in [0.1, 0.15) is 0 Å². The molecule has 0 aliphatic rings. The van der Waals surface area contributed by atoms with Crippen LogP contribution in [0.25, 0.3) is 0 Å². The molecule has 0 bridgehead atoms. The van der Waals surface area contributed by atoms with E-state index in [1.165, 1.54) is 0 Å². The molecule has 0 heterocycles. The van der Waals surface area contributed by atoms with Crippen molar-refractivity contribution < 1.29 is 18.9 Å². The molecule has 4 heteroatoms. The van der Waals surface area contributed by atoms with E-state index in [9.17, 15) is 0 Å². The second-order valence-electron chi connectivity index (χ2n) is 1.49. The maximum atomic E-state index is 3.72. The summed E-state index contributed by atoms with van der Waals surface area (Å²) >= 11 is 0. The summed E-state index contributed by atoms with van der Waals surface area (Å²) in [5.41, 5.74) is 1.07. The minimum atomic E-state index is 0. The van der Waals surface area contributed by atoms with Crippen LogP contribution in [0.4, 0.5) is 0 Å². The number of benzene rings is 1. The van der Waals surface area contributed by atoms with Crippen LogP contribution in [-0.2, 0) is 0 Å². The summed E-state index contributed by atoms with van der Waals surface area (Å²) in [6.07, 6.45) is 0. The van der Waals surface area contributed by atoms with Crippen LogP contribution in [-0.4, -0.2) is 0 Å². The fourth-order valence-corrected chi connectivity index (χ4v) is 0.478. The van der Waals surface area contributed by atoms with Crippen molar-refractivity contribution in [2.24, 2.45) is 0 Å². The first-order valence-electron chi connectivity index (χ1n) is 2.26. The molecule has 11 heavy (non-hydrogen) atoms. The van der Waals surface area contributed by atoms with E-state index >= 15 is 0 Å². The molecule has 0 nitrogen and oxygen atoms in total. The molecule has 0 fully saturated rings. The molecule has 1 rings (SSSR count). The van der Waals surface area contributed by atoms with Crippen LogP contribution in [0.5, 0.6) is 0 Å². The summed E-state index contributed by atoms with van der Waals surface area (Å²) in [6, 6.07) is 9.87. The van der Waals surface area contributed by atoms with Gasteiger partial charge >= 0.3 is 18.9 Å². The summed E-state index contributed by atoms with van der Waals surface area (Å²) in [5, 5.41) is 0. The molecule has 0 saturated carbocycles. The van der Waals surface area contributed by atoms with Crippen molar-refractivity contribution in [1.82, 2.24) is 0 Å². The maximum Gasteiger partial charge on any atom is 1.00 e. The van der Waals surface area contributed by atoms with E-state index in [2.05, 4.69) is 6.92 Å². The molecule has 0 saturated heterocycles. The molecule has 0 spiro atoms. The first-order chi connectivity index (χ1) is 3.39. The zero-order chi connectivity index (χ0) is 5.11. The van der Waals surface area contributed by atoms with E-state index in [1.807, 2.05) is 30.3 Å². The Balaban J connectivity index is -0.0000000612. The zero-order valence-corrected chi connectivity index (χ0v) is 8.77. The van der Waals surface area contributed by atoms with Crippen molar-refractivity contribution in [3.63, 3.8) is 0 Å². The van der Waals surface area contributed by atoms with Gasteiger partial charge in [0.15, 0.2) is 0 Å². The van der Waals surface area contributed by atoms with E-state index < -0.39 is 0 Å². The van der Waals surface area contributed by atoms with Gasteiger partial charge in [-0.15, -0.1) is 49.4 Å². The van der Waals surface area contributed by atoms with Crippen LogP contribution in [0.1, 0.15) is 5.56 Å². The van der Waals surface area contributed by atoms with Gasteiger partial charge in [-0.3, -0.25) is 0 Å². The van der Waals surface area contributed by atoms with Crippen molar-refractivity contribution in [2.45, 2.75) is 0 Å². The van der Waals surface area contributed by atoms with E-state index in [1.54, 1.807) is 0 Å². The second kappa shape index (κ2) is 13.2. The first kappa shape index (κ1) is 22.6. The van der Waals surface area contributed by atoms with Crippen LogP contribution in [0.2, 0.25) is 0 Å². The van der Waals surface area contributed by atoms with Crippen molar-refractivity contribution >= 4 is 37.2 Å². The summed E-state index contributed by atoms with van der Waals surface area (Å²) in [7, 11) is 0. The SMILES string of the molecule is Cl.Cl.Cl.[CH2-]c1ccccc1.[Li+]. The Morgan fingerprint density at radius 1 is 0.818 bits per heavy atom. The predicted octanol–water partition coefficient (Wildman–Crippen LogP) is 0.138. The molecule has 0 unspecified atom stereocenters. The summed E-state index contributed by atoms with van der Waals surface area (Å²) in [4.78, 5) is 0. The van der Waals surface area contributed by atoms with Gasteiger partial charge in [-0.2, -0.15) is 24.6 Å². The van der Waals surface area contributed by atoms with Gasteiger partial charge in [0.2, 0.25) is 0 Å². The smallest absolute Gasteiger partial charge is 0.199 e. The predicted molar refractivity (Wildman–Crippen MR) is 52.6 cm³/mol. The first-order valence-corrected chi connectivity index (χ1v) is 2.26. The molecule has 0 aromatic heterocycles. The van der Waals surface area contributed by atoms with Gasteiger partial charge in [-0.05, 0) is 0 Å². The minimum absolute atomic E-state index is 0. The Morgan fingerprint density at radius 2 is 1.18 bits per heavy atom. The van der Waals surface area contributed by atoms with E-state index in [-0.39, 0.29) is 56.1 Å². The van der Waals surface area contributed by atoms with Crippen LogP contribution < -0.4 is 18.9 Å². The van der Waals surface area contributed by atoms with Crippen molar-refractivity contribution in [3.8, 4) is 0 Å². The molecule has 0 amide bonds. The molecule has 0 aliphatic carbocycles. The third kappa shape index (κ3) is 10.6. The van der Waals surface area contributed by atoms with Gasteiger partial charge in [-0.25, -0.2) is 0 Å². The number of halogens is 3. The molecular weight excluding hydrogens is 197 g/mol. The van der Waals surface area contributed by atoms with E-state index in [4.69, 9.17) is 0 Å². The van der Waals surface area contributed by atoms with Gasteiger partial charge < -0.3 is 0 Å². The normalized spacial score (nSPS) is 5.45. The van der Waals surface area contributed by atoms with Gasteiger partial charge in [0.05, 0.1) is 0 Å². The number of rotatable bonds is 0. The number of hydrogen-bond donors (Lipinski definition) is 0. The Kier molecular flexibility index (Phi) is 27.0. The summed E-state index contributed by atoms with van der Waals surface area (Å²) in [5.74, 6) is 0. The average molecular weight is 207 g/mol. The summed E-state index contributed by atoms with van der Waals surface area (Å²) < 4.78 is 0. The maximum absolute atomic E-state index is 3.72. The van der Waals surface area contributed by atoms with Crippen LogP contribution >= 0.6 is 37.2 Å². The fourth-order valence-electron chi connectivity index (χ4n) is 0.478. The third-order valence-electron chi connectivity index (χ3n) is 0.843. The number of hydrogen-bond acceptors (Lipinski definition) is 0. The van der Waals surface area contributed by atoms with Crippen molar-refractivity contribution in [1.29, 1.82) is 0 Å². The molecule has 0 aliphatic heterocycles. The quantitative estimate of drug-likeness (QED) is 0.419. The zero-order valence-electron chi connectivity index (χ0n) is 6.32.